The van der Waals surface area contributed by atoms with Crippen molar-refractivity contribution in [1.29, 1.82) is 0 Å². The molecule has 2 aromatic carbocycles. The summed E-state index contributed by atoms with van der Waals surface area (Å²) in [5, 5.41) is 4.06. The molecule has 0 radical (unpaired) electrons. The van der Waals surface area contributed by atoms with Crippen molar-refractivity contribution >= 4 is 5.69 Å². The average molecular weight is 347 g/mol. The lowest BCUT2D eigenvalue weighted by Gasteiger charge is -2.30. The Bertz CT molecular complexity index is 878. The van der Waals surface area contributed by atoms with E-state index in [1.54, 1.807) is 24.5 Å². The summed E-state index contributed by atoms with van der Waals surface area (Å²) in [5.74, 6) is 0.519. The van der Waals surface area contributed by atoms with Crippen LogP contribution in [-0.2, 0) is 6.42 Å². The third-order valence-electron chi connectivity index (χ3n) is 4.15. The first-order valence-electron chi connectivity index (χ1n) is 8.41. The molecule has 26 heavy (non-hydrogen) atoms. The number of halogens is 1. The molecule has 0 saturated heterocycles. The van der Waals surface area contributed by atoms with E-state index >= 15 is 0 Å². The first-order valence-corrected chi connectivity index (χ1v) is 8.41. The second-order valence-corrected chi connectivity index (χ2v) is 5.90. The van der Waals surface area contributed by atoms with Crippen LogP contribution in [0.5, 0.6) is 0 Å². The summed E-state index contributed by atoms with van der Waals surface area (Å²) >= 11 is 0. The van der Waals surface area contributed by atoms with E-state index in [4.69, 9.17) is 0 Å². The molecule has 1 N–H and O–H groups in total. The van der Waals surface area contributed by atoms with Gasteiger partial charge in [-0.1, -0.05) is 30.3 Å². The Morgan fingerprint density at radius 2 is 1.62 bits per heavy atom. The molecule has 6 heteroatoms. The highest BCUT2D eigenvalue weighted by Crippen LogP contribution is 2.19. The molecule has 0 unspecified atom stereocenters. The van der Waals surface area contributed by atoms with E-state index in [1.165, 1.54) is 12.1 Å². The van der Waals surface area contributed by atoms with E-state index in [0.29, 0.717) is 6.42 Å². The maximum atomic E-state index is 13.0. The molecule has 1 aliphatic heterocycles. The number of hydrogen-bond donors (Lipinski definition) is 1. The molecular formula is C20H18FN5. The lowest BCUT2D eigenvalue weighted by molar-refractivity contribution is 0.349. The van der Waals surface area contributed by atoms with Crippen molar-refractivity contribution in [3.05, 3.63) is 91.0 Å². The van der Waals surface area contributed by atoms with Crippen LogP contribution in [-0.4, -0.2) is 21.5 Å². The van der Waals surface area contributed by atoms with Crippen LogP contribution in [0.2, 0.25) is 0 Å². The molecule has 0 saturated carbocycles. The molecule has 0 spiro atoms. The number of hydrogen-bond acceptors (Lipinski definition) is 5. The molecule has 5 nitrogen and oxygen atoms in total. The zero-order valence-electron chi connectivity index (χ0n) is 14.1. The average Bonchev–Trinajstić information content (AvgIpc) is 3.17. The fourth-order valence-electron chi connectivity index (χ4n) is 2.79. The number of aromatic nitrogens is 2. The summed E-state index contributed by atoms with van der Waals surface area (Å²) in [4.78, 5) is 8.88. The summed E-state index contributed by atoms with van der Waals surface area (Å²) in [6.07, 6.45) is 8.15. The number of hydrazine groups is 2. The molecule has 1 aromatic heterocycles. The normalized spacial score (nSPS) is 13.1. The molecular weight excluding hydrogens is 329 g/mol. The van der Waals surface area contributed by atoms with Gasteiger partial charge in [-0.15, -0.1) is 0 Å². The van der Waals surface area contributed by atoms with Crippen LogP contribution in [0.3, 0.4) is 0 Å². The third kappa shape index (κ3) is 3.49. The second-order valence-electron chi connectivity index (χ2n) is 5.90. The standard InChI is InChI=1S/C20H18FN5/c21-18-8-6-16(7-9-18)17-14-22-20(23-15-17)10-12-25-13-11-24-26(25)19-4-2-1-3-5-19/h1-9,11,13-15,24H,10,12H2. The van der Waals surface area contributed by atoms with Gasteiger partial charge in [0.15, 0.2) is 0 Å². The van der Waals surface area contributed by atoms with E-state index < -0.39 is 0 Å². The zero-order valence-corrected chi connectivity index (χ0v) is 14.1. The fraction of sp³-hybridized carbons (Fsp3) is 0.100. The van der Waals surface area contributed by atoms with E-state index in [2.05, 4.69) is 20.4 Å². The molecule has 4 rings (SSSR count). The van der Waals surface area contributed by atoms with Gasteiger partial charge in [-0.05, 0) is 29.8 Å². The van der Waals surface area contributed by atoms with E-state index in [9.17, 15) is 4.39 Å². The Morgan fingerprint density at radius 1 is 0.885 bits per heavy atom. The van der Waals surface area contributed by atoms with Gasteiger partial charge in [0.05, 0.1) is 5.69 Å². The summed E-state index contributed by atoms with van der Waals surface area (Å²) in [5.41, 5.74) is 6.04. The van der Waals surface area contributed by atoms with Crippen molar-refractivity contribution in [2.45, 2.75) is 6.42 Å². The quantitative estimate of drug-likeness (QED) is 0.765. The first-order chi connectivity index (χ1) is 12.8. The van der Waals surface area contributed by atoms with E-state index in [0.717, 1.165) is 29.2 Å². The number of benzene rings is 2. The van der Waals surface area contributed by atoms with Crippen molar-refractivity contribution in [3.63, 3.8) is 0 Å². The lowest BCUT2D eigenvalue weighted by Crippen LogP contribution is -2.42. The molecule has 130 valence electrons. The smallest absolute Gasteiger partial charge is 0.130 e. The van der Waals surface area contributed by atoms with E-state index in [1.807, 2.05) is 47.8 Å². The van der Waals surface area contributed by atoms with Gasteiger partial charge >= 0.3 is 0 Å². The van der Waals surface area contributed by atoms with Crippen LogP contribution < -0.4 is 10.5 Å². The number of nitrogens with zero attached hydrogens (tertiary/aromatic N) is 4. The number of anilines is 1. The minimum Gasteiger partial charge on any atom is -0.285 e. The highest BCUT2D eigenvalue weighted by Gasteiger charge is 2.16. The molecule has 0 fully saturated rings. The second kappa shape index (κ2) is 7.23. The van der Waals surface area contributed by atoms with Crippen LogP contribution in [0.15, 0.2) is 79.4 Å². The Kier molecular flexibility index (Phi) is 4.47. The summed E-state index contributed by atoms with van der Waals surface area (Å²) in [6, 6.07) is 16.4. The van der Waals surface area contributed by atoms with Crippen molar-refractivity contribution in [2.24, 2.45) is 0 Å². The van der Waals surface area contributed by atoms with Gasteiger partial charge in [0, 0.05) is 43.3 Å². The monoisotopic (exact) mass is 347 g/mol. The van der Waals surface area contributed by atoms with Gasteiger partial charge in [0.1, 0.15) is 11.6 Å². The van der Waals surface area contributed by atoms with Gasteiger partial charge in [-0.25, -0.2) is 14.4 Å². The molecule has 0 atom stereocenters. The maximum absolute atomic E-state index is 13.0. The summed E-state index contributed by atoms with van der Waals surface area (Å²) in [6.45, 7) is 0.744. The van der Waals surface area contributed by atoms with Crippen molar-refractivity contribution in [2.75, 3.05) is 11.7 Å². The maximum Gasteiger partial charge on any atom is 0.130 e. The van der Waals surface area contributed by atoms with Crippen LogP contribution >= 0.6 is 0 Å². The van der Waals surface area contributed by atoms with Crippen LogP contribution in [0.25, 0.3) is 11.1 Å². The highest BCUT2D eigenvalue weighted by molar-refractivity contribution is 5.61. The molecule has 2 heterocycles. The van der Waals surface area contributed by atoms with E-state index in [-0.39, 0.29) is 5.82 Å². The van der Waals surface area contributed by atoms with Crippen LogP contribution in [0.1, 0.15) is 5.82 Å². The van der Waals surface area contributed by atoms with Gasteiger partial charge in [0.25, 0.3) is 0 Å². The van der Waals surface area contributed by atoms with Crippen LogP contribution in [0.4, 0.5) is 10.1 Å². The Balaban J connectivity index is 1.40. The zero-order chi connectivity index (χ0) is 17.8. The van der Waals surface area contributed by atoms with Crippen molar-refractivity contribution < 1.29 is 4.39 Å². The minimum absolute atomic E-state index is 0.249. The third-order valence-corrected chi connectivity index (χ3v) is 4.15. The van der Waals surface area contributed by atoms with Crippen molar-refractivity contribution in [3.8, 4) is 11.1 Å². The largest absolute Gasteiger partial charge is 0.285 e. The molecule has 1 aliphatic rings. The van der Waals surface area contributed by atoms with Gasteiger partial charge in [-0.2, -0.15) is 5.12 Å². The molecule has 0 bridgehead atoms. The van der Waals surface area contributed by atoms with Gasteiger partial charge in [0.2, 0.25) is 0 Å². The molecule has 3 aromatic rings. The van der Waals surface area contributed by atoms with Gasteiger partial charge in [-0.3, -0.25) is 10.4 Å². The number of para-hydroxylation sites is 1. The topological polar surface area (TPSA) is 44.3 Å². The Labute approximate surface area is 151 Å². The Morgan fingerprint density at radius 3 is 2.35 bits per heavy atom. The number of nitrogens with one attached hydrogen (secondary N) is 1. The first kappa shape index (κ1) is 16.1. The van der Waals surface area contributed by atoms with Crippen LogP contribution in [0, 0.1) is 5.82 Å². The minimum atomic E-state index is -0.249. The SMILES string of the molecule is Fc1ccc(-c2cnc(CCN3C=CNN3c3ccccc3)nc2)cc1. The summed E-state index contributed by atoms with van der Waals surface area (Å²) < 4.78 is 13.0. The summed E-state index contributed by atoms with van der Waals surface area (Å²) in [7, 11) is 0. The number of rotatable bonds is 5. The highest BCUT2D eigenvalue weighted by atomic mass is 19.1. The Hall–Kier alpha value is -3.41. The van der Waals surface area contributed by atoms with Gasteiger partial charge < -0.3 is 0 Å². The molecule has 0 aliphatic carbocycles. The molecule has 0 amide bonds. The predicted molar refractivity (Wildman–Crippen MR) is 99.0 cm³/mol. The predicted octanol–water partition coefficient (Wildman–Crippen LogP) is 3.54. The lowest BCUT2D eigenvalue weighted by atomic mass is 10.1. The van der Waals surface area contributed by atoms with Crippen molar-refractivity contribution in [1.82, 2.24) is 20.4 Å². The fourth-order valence-corrected chi connectivity index (χ4v) is 2.79.